The van der Waals surface area contributed by atoms with E-state index in [1.54, 1.807) is 0 Å². The van der Waals surface area contributed by atoms with Gasteiger partial charge in [0.1, 0.15) is 0 Å². The average Bonchev–Trinajstić information content (AvgIpc) is 3.06. The molecule has 8 fully saturated rings. The van der Waals surface area contributed by atoms with E-state index in [0.29, 0.717) is 35.4 Å². The second-order valence-electron chi connectivity index (χ2n) is 11.7. The molecule has 3 saturated heterocycles. The molecule has 3 aliphatic heterocycles. The maximum absolute atomic E-state index is 13.2. The molecule has 0 aromatic heterocycles. The van der Waals surface area contributed by atoms with Crippen LogP contribution in [0.5, 0.6) is 0 Å². The van der Waals surface area contributed by atoms with E-state index in [1.807, 2.05) is 0 Å². The van der Waals surface area contributed by atoms with Crippen LogP contribution >= 0.6 is 0 Å². The maximum atomic E-state index is 13.2. The van der Waals surface area contributed by atoms with Gasteiger partial charge in [0.25, 0.3) is 0 Å². The number of carbonyl (C=O) groups is 2. The number of ether oxygens (including phenoxy) is 3. The summed E-state index contributed by atoms with van der Waals surface area (Å²) in [5.74, 6) is 2.37. The summed E-state index contributed by atoms with van der Waals surface area (Å²) in [6, 6.07) is 0. The Bertz CT molecular complexity index is 759. The number of ketones is 1. The predicted octanol–water partition coefficient (Wildman–Crippen LogP) is 0.334. The molecule has 1 spiro atoms. The molecule has 8 aliphatic rings. The van der Waals surface area contributed by atoms with Crippen molar-refractivity contribution < 1.29 is 45.0 Å². The molecule has 172 valence electrons. The van der Waals surface area contributed by atoms with Crippen molar-refractivity contribution in [1.82, 2.24) is 0 Å². The molecule has 0 aromatic rings. The van der Waals surface area contributed by atoms with Crippen molar-refractivity contribution in [2.75, 3.05) is 19.8 Å². The molecule has 8 unspecified atom stereocenters. The summed E-state index contributed by atoms with van der Waals surface area (Å²) in [5.41, 5.74) is -0.376. The Kier molecular flexibility index (Phi) is 4.65. The van der Waals surface area contributed by atoms with E-state index >= 15 is 0 Å². The zero-order valence-corrected chi connectivity index (χ0v) is 20.4. The van der Waals surface area contributed by atoms with Crippen LogP contribution in [0.1, 0.15) is 64.2 Å². The van der Waals surface area contributed by atoms with E-state index in [0.717, 1.165) is 48.4 Å². The van der Waals surface area contributed by atoms with E-state index < -0.39 is 0 Å². The van der Waals surface area contributed by atoms with Crippen LogP contribution in [-0.2, 0) is 23.8 Å². The molecule has 6 bridgehead atoms. The molecule has 3 heterocycles. The van der Waals surface area contributed by atoms with Crippen molar-refractivity contribution >= 4 is 11.8 Å². The zero-order valence-electron chi connectivity index (χ0n) is 18.2. The van der Waals surface area contributed by atoms with Gasteiger partial charge in [-0.25, -0.2) is 0 Å². The Morgan fingerprint density at radius 3 is 2.77 bits per heavy atom. The number of hydrogen-bond donors (Lipinski definition) is 0. The van der Waals surface area contributed by atoms with Crippen molar-refractivity contribution in [3.8, 4) is 0 Å². The summed E-state index contributed by atoms with van der Waals surface area (Å²) < 4.78 is 20.7. The van der Waals surface area contributed by atoms with Gasteiger partial charge in [0.15, 0.2) is 0 Å². The van der Waals surface area contributed by atoms with E-state index in [9.17, 15) is 9.59 Å². The van der Waals surface area contributed by atoms with Gasteiger partial charge < -0.3 is 0 Å². The van der Waals surface area contributed by atoms with Gasteiger partial charge in [-0.1, -0.05) is 0 Å². The van der Waals surface area contributed by atoms with Crippen molar-refractivity contribution in [1.29, 1.82) is 0 Å². The van der Waals surface area contributed by atoms with Crippen LogP contribution in [0.4, 0.5) is 0 Å². The Balaban J connectivity index is 0.976. The summed E-state index contributed by atoms with van der Waals surface area (Å²) in [6.45, 7) is 1.74. The summed E-state index contributed by atoms with van der Waals surface area (Å²) in [6.07, 6.45) is 11.1. The minimum absolute atomic E-state index is 0.0372. The first-order chi connectivity index (χ1) is 15.1. The van der Waals surface area contributed by atoms with Crippen molar-refractivity contribution in [3.05, 3.63) is 0 Å². The number of rotatable bonds is 3. The average molecular weight is 541 g/mol. The zero-order chi connectivity index (χ0) is 20.8. The van der Waals surface area contributed by atoms with Crippen LogP contribution < -0.4 is 21.2 Å². The number of carbonyl (C=O) groups excluding carboxylic acids is 2. The minimum atomic E-state index is -0.376. The second kappa shape index (κ2) is 7.14. The number of halogens is 1. The van der Waals surface area contributed by atoms with Gasteiger partial charge in [0, 0.05) is 0 Å². The number of esters is 1. The van der Waals surface area contributed by atoms with Crippen molar-refractivity contribution in [2.24, 2.45) is 40.9 Å². The van der Waals surface area contributed by atoms with Crippen LogP contribution in [0.25, 0.3) is 0 Å². The standard InChI is InChI=1S/C25H34IO5/c27-22-16-3-1-2-4-24(10-19(22)20(24)8-16)23(28)29-11-15-12-30-25(31-13-15)17-5-14-6-18(9-17)26-21(25)7-14/h14-21H,1-13H2/q-1. The SMILES string of the molecule is O=C1C2CCCCC3(C(=O)OCC4COC5(OC4)C4CC6CC(C4)[I-]C5C6)CC1C3C2. The Hall–Kier alpha value is -0.210. The third kappa shape index (κ3) is 2.85. The molecule has 5 nitrogen and oxygen atoms in total. The predicted molar refractivity (Wildman–Crippen MR) is 108 cm³/mol. The first-order valence-electron chi connectivity index (χ1n) is 12.7. The first kappa shape index (κ1) is 20.2. The number of alkyl halides is 2. The van der Waals surface area contributed by atoms with Gasteiger partial charge in [-0.3, -0.25) is 4.79 Å². The monoisotopic (exact) mass is 541 g/mol. The molecule has 8 atom stereocenters. The van der Waals surface area contributed by atoms with Crippen LogP contribution in [0, 0.1) is 40.9 Å². The molecular formula is C25H34IO5-. The Labute approximate surface area is 195 Å². The van der Waals surface area contributed by atoms with E-state index in [-0.39, 0.29) is 62.0 Å². The van der Waals surface area contributed by atoms with E-state index in [4.69, 9.17) is 14.2 Å². The van der Waals surface area contributed by atoms with Crippen LogP contribution in [0.15, 0.2) is 0 Å². The molecular weight excluding hydrogens is 507 g/mol. The van der Waals surface area contributed by atoms with Crippen LogP contribution in [0.3, 0.4) is 0 Å². The molecule has 6 heteroatoms. The quantitative estimate of drug-likeness (QED) is 0.293. The van der Waals surface area contributed by atoms with Gasteiger partial charge in [0.2, 0.25) is 0 Å². The molecule has 0 amide bonds. The summed E-state index contributed by atoms with van der Waals surface area (Å²) >= 11 is 0.182. The summed E-state index contributed by atoms with van der Waals surface area (Å²) in [5, 5.41) is 0. The molecule has 5 saturated carbocycles. The fraction of sp³-hybridized carbons (Fsp3) is 0.920. The van der Waals surface area contributed by atoms with Gasteiger partial charge in [0.05, 0.1) is 0 Å². The van der Waals surface area contributed by atoms with Gasteiger partial charge in [-0.2, -0.15) is 0 Å². The van der Waals surface area contributed by atoms with E-state index in [1.165, 1.54) is 25.7 Å². The third-order valence-electron chi connectivity index (χ3n) is 10.1. The third-order valence-corrected chi connectivity index (χ3v) is 14.4. The van der Waals surface area contributed by atoms with Gasteiger partial charge in [-0.15, -0.1) is 0 Å². The van der Waals surface area contributed by atoms with Crippen LogP contribution in [0.2, 0.25) is 0 Å². The Morgan fingerprint density at radius 2 is 1.97 bits per heavy atom. The molecule has 0 radical (unpaired) electrons. The van der Waals surface area contributed by atoms with Gasteiger partial charge >= 0.3 is 184 Å². The number of Topliss-reactive ketones (excluding diaryl/α,β-unsaturated/α-hetero) is 1. The van der Waals surface area contributed by atoms with Crippen LogP contribution in [-0.4, -0.2) is 45.2 Å². The number of fused-ring (bicyclic) bond motifs is 1. The van der Waals surface area contributed by atoms with Crippen molar-refractivity contribution in [2.45, 2.75) is 77.8 Å². The van der Waals surface area contributed by atoms with E-state index in [2.05, 4.69) is 0 Å². The molecule has 8 rings (SSSR count). The first-order valence-corrected chi connectivity index (χ1v) is 15.2. The topological polar surface area (TPSA) is 61.8 Å². The summed E-state index contributed by atoms with van der Waals surface area (Å²) in [4.78, 5) is 25.8. The second-order valence-corrected chi connectivity index (χ2v) is 15.6. The fourth-order valence-corrected chi connectivity index (χ4v) is 14.1. The molecule has 0 aromatic carbocycles. The Morgan fingerprint density at radius 1 is 1.10 bits per heavy atom. The van der Waals surface area contributed by atoms with Crippen molar-refractivity contribution in [3.63, 3.8) is 0 Å². The number of hydrogen-bond acceptors (Lipinski definition) is 5. The summed E-state index contributed by atoms with van der Waals surface area (Å²) in [7, 11) is 0. The molecule has 31 heavy (non-hydrogen) atoms. The normalized spacial score (nSPS) is 54.6. The molecule has 0 N–H and O–H groups in total. The fourth-order valence-electron chi connectivity index (χ4n) is 8.53. The van der Waals surface area contributed by atoms with Gasteiger partial charge in [-0.05, 0) is 6.42 Å². The molecule has 5 aliphatic carbocycles.